The first-order valence-corrected chi connectivity index (χ1v) is 10.5. The van der Waals surface area contributed by atoms with Crippen LogP contribution in [-0.2, 0) is 22.5 Å². The Bertz CT molecular complexity index is 1030. The zero-order valence-corrected chi connectivity index (χ0v) is 19.1. The van der Waals surface area contributed by atoms with Gasteiger partial charge in [0.2, 0.25) is 5.91 Å². The maximum atomic E-state index is 13.2. The Morgan fingerprint density at radius 3 is 2.62 bits per heavy atom. The summed E-state index contributed by atoms with van der Waals surface area (Å²) in [6.45, 7) is 4.88. The molecule has 4 rings (SSSR count). The lowest BCUT2D eigenvalue weighted by Crippen LogP contribution is -2.43. The molecule has 1 N–H and O–H groups in total. The largest absolute Gasteiger partial charge is 0.377 e. The van der Waals surface area contributed by atoms with E-state index in [0.717, 1.165) is 36.4 Å². The van der Waals surface area contributed by atoms with Crippen LogP contribution in [0.1, 0.15) is 18.2 Å². The predicted octanol–water partition coefficient (Wildman–Crippen LogP) is 4.08. The van der Waals surface area contributed by atoms with Gasteiger partial charge in [0.1, 0.15) is 5.82 Å². The van der Waals surface area contributed by atoms with E-state index in [9.17, 15) is 9.18 Å². The van der Waals surface area contributed by atoms with Gasteiger partial charge in [-0.1, -0.05) is 30.3 Å². The first-order chi connectivity index (χ1) is 15.1. The maximum Gasteiger partial charge on any atom is 0.226 e. The second-order valence-electron chi connectivity index (χ2n) is 7.79. The first-order valence-electron chi connectivity index (χ1n) is 10.5. The zero-order valence-electron chi connectivity index (χ0n) is 18.1. The maximum absolute atomic E-state index is 13.2. The Labute approximate surface area is 195 Å². The van der Waals surface area contributed by atoms with Crippen LogP contribution >= 0.6 is 13.5 Å². The van der Waals surface area contributed by atoms with Crippen molar-refractivity contribution in [2.75, 3.05) is 24.7 Å². The van der Waals surface area contributed by atoms with Crippen LogP contribution in [0.4, 0.5) is 10.1 Å². The number of hydrogen-bond donors (Lipinski definition) is 1. The molecule has 1 aromatic heterocycles. The van der Waals surface area contributed by atoms with Crippen molar-refractivity contribution in [2.24, 2.45) is 0 Å². The van der Waals surface area contributed by atoms with Gasteiger partial charge in [-0.3, -0.25) is 9.78 Å². The molecule has 3 aromatic rings. The highest BCUT2D eigenvalue weighted by Crippen LogP contribution is 2.25. The molecule has 0 aliphatic carbocycles. The van der Waals surface area contributed by atoms with E-state index in [-0.39, 0.29) is 31.6 Å². The van der Waals surface area contributed by atoms with Crippen molar-refractivity contribution in [1.29, 1.82) is 0 Å². The van der Waals surface area contributed by atoms with Gasteiger partial charge in [-0.05, 0) is 48.4 Å². The number of ether oxygens (including phenoxy) is 1. The van der Waals surface area contributed by atoms with Gasteiger partial charge in [-0.2, -0.15) is 13.5 Å². The molecule has 2 heterocycles. The van der Waals surface area contributed by atoms with Crippen LogP contribution in [0, 0.1) is 5.82 Å². The van der Waals surface area contributed by atoms with Crippen molar-refractivity contribution in [3.8, 4) is 11.1 Å². The topological polar surface area (TPSA) is 54.5 Å². The summed E-state index contributed by atoms with van der Waals surface area (Å²) >= 11 is 0. The van der Waals surface area contributed by atoms with Gasteiger partial charge in [0.25, 0.3) is 0 Å². The number of pyridine rings is 1. The standard InChI is InChI=1S/C25H26FN3O2.H2S/c1-18-17-31-12-11-29(18)24-9-6-20(7-10-24)21-5-8-23(27-16-21)14-25(30)28-15-19-3-2-4-22(26)13-19;/h2-10,13,16,18H,11-12,14-15,17H2,1H3,(H,28,30);1H2/t18-;/m0./s1. The first kappa shape index (κ1) is 23.8. The van der Waals surface area contributed by atoms with Crippen molar-refractivity contribution in [1.82, 2.24) is 10.3 Å². The van der Waals surface area contributed by atoms with Gasteiger partial charge in [0, 0.05) is 42.3 Å². The predicted molar refractivity (Wildman–Crippen MR) is 130 cm³/mol. The third-order valence-electron chi connectivity index (χ3n) is 5.45. The minimum Gasteiger partial charge on any atom is -0.377 e. The summed E-state index contributed by atoms with van der Waals surface area (Å²) in [5, 5.41) is 2.80. The molecule has 0 unspecified atom stereocenters. The Balaban J connectivity index is 0.00000289. The fourth-order valence-electron chi connectivity index (χ4n) is 3.73. The van der Waals surface area contributed by atoms with Crippen LogP contribution in [0.5, 0.6) is 0 Å². The molecule has 0 saturated carbocycles. The number of halogens is 1. The Hall–Kier alpha value is -2.90. The Morgan fingerprint density at radius 2 is 1.94 bits per heavy atom. The molecule has 1 aliphatic heterocycles. The number of nitrogens with one attached hydrogen (secondary N) is 1. The molecule has 1 atom stereocenters. The van der Waals surface area contributed by atoms with Gasteiger partial charge in [-0.15, -0.1) is 0 Å². The average Bonchev–Trinajstić information content (AvgIpc) is 2.79. The third-order valence-corrected chi connectivity index (χ3v) is 5.45. The van der Waals surface area contributed by atoms with E-state index in [0.29, 0.717) is 18.3 Å². The molecule has 168 valence electrons. The van der Waals surface area contributed by atoms with Crippen LogP contribution in [-0.4, -0.2) is 36.7 Å². The summed E-state index contributed by atoms with van der Waals surface area (Å²) in [6.07, 6.45) is 1.98. The Kier molecular flexibility index (Phi) is 8.25. The van der Waals surface area contributed by atoms with E-state index in [1.807, 2.05) is 12.1 Å². The normalized spacial score (nSPS) is 15.7. The minimum atomic E-state index is -0.309. The second-order valence-corrected chi connectivity index (χ2v) is 7.79. The SMILES string of the molecule is C[C@H]1COCCN1c1ccc(-c2ccc(CC(=O)NCc3cccc(F)c3)nc2)cc1.S. The molecule has 32 heavy (non-hydrogen) atoms. The number of hydrogen-bond acceptors (Lipinski definition) is 4. The van der Waals surface area contributed by atoms with Crippen molar-refractivity contribution in [2.45, 2.75) is 25.9 Å². The summed E-state index contributed by atoms with van der Waals surface area (Å²) in [4.78, 5) is 19.0. The van der Waals surface area contributed by atoms with Crippen LogP contribution in [0.25, 0.3) is 11.1 Å². The highest BCUT2D eigenvalue weighted by atomic mass is 32.1. The second kappa shape index (κ2) is 11.1. The van der Waals surface area contributed by atoms with Crippen LogP contribution < -0.4 is 10.2 Å². The molecule has 7 heteroatoms. The highest BCUT2D eigenvalue weighted by Gasteiger charge is 2.18. The fourth-order valence-corrected chi connectivity index (χ4v) is 3.73. The molecular weight excluding hydrogens is 425 g/mol. The van der Waals surface area contributed by atoms with Crippen LogP contribution in [0.15, 0.2) is 66.9 Å². The number of rotatable bonds is 6. The minimum absolute atomic E-state index is 0. The number of carbonyl (C=O) groups is 1. The lowest BCUT2D eigenvalue weighted by molar-refractivity contribution is -0.120. The van der Waals surface area contributed by atoms with E-state index >= 15 is 0 Å². The molecule has 0 radical (unpaired) electrons. The number of amides is 1. The summed E-state index contributed by atoms with van der Waals surface area (Å²) in [7, 11) is 0. The van der Waals surface area contributed by atoms with Crippen LogP contribution in [0.2, 0.25) is 0 Å². The lowest BCUT2D eigenvalue weighted by Gasteiger charge is -2.35. The molecule has 1 fully saturated rings. The zero-order chi connectivity index (χ0) is 21.6. The molecule has 2 aromatic carbocycles. The van der Waals surface area contributed by atoms with E-state index in [1.165, 1.54) is 17.8 Å². The van der Waals surface area contributed by atoms with Crippen molar-refractivity contribution >= 4 is 25.1 Å². The van der Waals surface area contributed by atoms with Gasteiger partial charge < -0.3 is 15.0 Å². The number of morpholine rings is 1. The molecule has 1 aliphatic rings. The van der Waals surface area contributed by atoms with E-state index in [1.54, 1.807) is 18.3 Å². The monoisotopic (exact) mass is 453 g/mol. The number of benzene rings is 2. The molecule has 5 nitrogen and oxygen atoms in total. The quantitative estimate of drug-likeness (QED) is 0.611. The van der Waals surface area contributed by atoms with Gasteiger partial charge >= 0.3 is 0 Å². The molecular formula is C25H28FN3O2S. The van der Waals surface area contributed by atoms with Gasteiger partial charge in [-0.25, -0.2) is 4.39 Å². The Morgan fingerprint density at radius 1 is 1.16 bits per heavy atom. The average molecular weight is 454 g/mol. The van der Waals surface area contributed by atoms with E-state index in [2.05, 4.69) is 46.4 Å². The summed E-state index contributed by atoms with van der Waals surface area (Å²) < 4.78 is 18.7. The van der Waals surface area contributed by atoms with Crippen molar-refractivity contribution in [3.05, 3.63) is 83.9 Å². The molecule has 0 spiro atoms. The summed E-state index contributed by atoms with van der Waals surface area (Å²) in [5.41, 5.74) is 4.70. The summed E-state index contributed by atoms with van der Waals surface area (Å²) in [5.74, 6) is -0.454. The fraction of sp³-hybridized carbons (Fsp3) is 0.280. The number of anilines is 1. The molecule has 1 amide bonds. The highest BCUT2D eigenvalue weighted by molar-refractivity contribution is 7.59. The van der Waals surface area contributed by atoms with E-state index in [4.69, 9.17) is 4.74 Å². The van der Waals surface area contributed by atoms with Gasteiger partial charge in [0.05, 0.1) is 19.6 Å². The molecule has 1 saturated heterocycles. The number of aromatic nitrogens is 1. The number of nitrogens with zero attached hydrogens (tertiary/aromatic N) is 2. The van der Waals surface area contributed by atoms with Gasteiger partial charge in [0.15, 0.2) is 0 Å². The smallest absolute Gasteiger partial charge is 0.226 e. The van der Waals surface area contributed by atoms with Crippen molar-refractivity contribution in [3.63, 3.8) is 0 Å². The van der Waals surface area contributed by atoms with E-state index < -0.39 is 0 Å². The lowest BCUT2D eigenvalue weighted by atomic mass is 10.1. The van der Waals surface area contributed by atoms with Crippen LogP contribution in [0.3, 0.4) is 0 Å². The molecule has 0 bridgehead atoms. The summed E-state index contributed by atoms with van der Waals surface area (Å²) in [6, 6.07) is 18.9. The van der Waals surface area contributed by atoms with Crippen molar-refractivity contribution < 1.29 is 13.9 Å². The number of carbonyl (C=O) groups excluding carboxylic acids is 1. The third kappa shape index (κ3) is 6.08.